The van der Waals surface area contributed by atoms with Gasteiger partial charge in [-0.15, -0.1) is 0 Å². The van der Waals surface area contributed by atoms with Gasteiger partial charge in [0.15, 0.2) is 0 Å². The Morgan fingerprint density at radius 1 is 1.47 bits per heavy atom. The van der Waals surface area contributed by atoms with Crippen LogP contribution in [0.5, 0.6) is 0 Å². The summed E-state index contributed by atoms with van der Waals surface area (Å²) in [6.45, 7) is 2.83. The molecule has 1 aromatic rings. The quantitative estimate of drug-likeness (QED) is 0.718. The lowest BCUT2D eigenvalue weighted by molar-refractivity contribution is -0.126. The van der Waals surface area contributed by atoms with Crippen molar-refractivity contribution in [3.63, 3.8) is 0 Å². The molecule has 5 nitrogen and oxygen atoms in total. The fourth-order valence-corrected chi connectivity index (χ4v) is 1.30. The zero-order valence-corrected chi connectivity index (χ0v) is 10.2. The summed E-state index contributed by atoms with van der Waals surface area (Å²) in [6, 6.07) is 5.48. The Morgan fingerprint density at radius 3 is 2.94 bits per heavy atom. The SMILES string of the molecule is COCCOCC(=O)NC(C)c1ccccn1. The van der Waals surface area contributed by atoms with Crippen LogP contribution in [-0.2, 0) is 14.3 Å². The van der Waals surface area contributed by atoms with Gasteiger partial charge in [-0.1, -0.05) is 6.07 Å². The number of aromatic nitrogens is 1. The number of rotatable bonds is 7. The molecule has 17 heavy (non-hydrogen) atoms. The molecule has 1 aromatic heterocycles. The second-order valence-corrected chi connectivity index (χ2v) is 3.59. The molecular weight excluding hydrogens is 220 g/mol. The van der Waals surface area contributed by atoms with E-state index in [0.29, 0.717) is 13.2 Å². The molecule has 5 heteroatoms. The summed E-state index contributed by atoms with van der Waals surface area (Å²) in [7, 11) is 1.59. The first kappa shape index (κ1) is 13.6. The number of nitrogens with one attached hydrogen (secondary N) is 1. The predicted octanol–water partition coefficient (Wildman–Crippen LogP) is 0.922. The lowest BCUT2D eigenvalue weighted by Gasteiger charge is -2.13. The summed E-state index contributed by atoms with van der Waals surface area (Å²) in [6.07, 6.45) is 1.70. The Kier molecular flexibility index (Phi) is 6.21. The molecule has 0 radical (unpaired) electrons. The Hall–Kier alpha value is -1.46. The van der Waals surface area contributed by atoms with Gasteiger partial charge in [0.25, 0.3) is 0 Å². The van der Waals surface area contributed by atoms with E-state index in [4.69, 9.17) is 9.47 Å². The zero-order chi connectivity index (χ0) is 12.5. The lowest BCUT2D eigenvalue weighted by Crippen LogP contribution is -2.31. The van der Waals surface area contributed by atoms with Crippen molar-refractivity contribution in [1.82, 2.24) is 10.3 Å². The molecule has 0 aliphatic rings. The van der Waals surface area contributed by atoms with Crippen LogP contribution in [0.2, 0.25) is 0 Å². The van der Waals surface area contributed by atoms with E-state index >= 15 is 0 Å². The summed E-state index contributed by atoms with van der Waals surface area (Å²) in [4.78, 5) is 15.7. The van der Waals surface area contributed by atoms with Crippen LogP contribution in [0.3, 0.4) is 0 Å². The number of nitrogens with zero attached hydrogens (tertiary/aromatic N) is 1. The number of amides is 1. The minimum atomic E-state index is -0.153. The van der Waals surface area contributed by atoms with E-state index in [1.807, 2.05) is 25.1 Å². The smallest absolute Gasteiger partial charge is 0.246 e. The number of hydrogen-bond acceptors (Lipinski definition) is 4. The van der Waals surface area contributed by atoms with Crippen molar-refractivity contribution in [3.8, 4) is 0 Å². The van der Waals surface area contributed by atoms with Crippen LogP contribution in [0.25, 0.3) is 0 Å². The van der Waals surface area contributed by atoms with Crippen LogP contribution >= 0.6 is 0 Å². The van der Waals surface area contributed by atoms with Gasteiger partial charge >= 0.3 is 0 Å². The third-order valence-corrected chi connectivity index (χ3v) is 2.17. The zero-order valence-electron chi connectivity index (χ0n) is 10.2. The van der Waals surface area contributed by atoms with E-state index in [1.165, 1.54) is 0 Å². The van der Waals surface area contributed by atoms with Crippen LogP contribution < -0.4 is 5.32 Å². The molecule has 0 bridgehead atoms. The Labute approximate surface area is 101 Å². The molecule has 1 atom stereocenters. The fraction of sp³-hybridized carbons (Fsp3) is 0.500. The molecule has 1 heterocycles. The number of hydrogen-bond donors (Lipinski definition) is 1. The molecule has 1 amide bonds. The maximum absolute atomic E-state index is 11.5. The molecule has 0 fully saturated rings. The van der Waals surface area contributed by atoms with Crippen molar-refractivity contribution in [1.29, 1.82) is 0 Å². The van der Waals surface area contributed by atoms with Crippen molar-refractivity contribution in [3.05, 3.63) is 30.1 Å². The second-order valence-electron chi connectivity index (χ2n) is 3.59. The summed E-state index contributed by atoms with van der Waals surface area (Å²) in [5, 5.41) is 2.81. The number of ether oxygens (including phenoxy) is 2. The van der Waals surface area contributed by atoms with Crippen LogP contribution in [0.1, 0.15) is 18.7 Å². The van der Waals surface area contributed by atoms with Gasteiger partial charge in [0.1, 0.15) is 6.61 Å². The average Bonchev–Trinajstić information content (AvgIpc) is 2.36. The molecule has 0 saturated heterocycles. The number of carbonyl (C=O) groups excluding carboxylic acids is 1. The molecular formula is C12H18N2O3. The van der Waals surface area contributed by atoms with Crippen molar-refractivity contribution in [2.45, 2.75) is 13.0 Å². The monoisotopic (exact) mass is 238 g/mol. The number of pyridine rings is 1. The Morgan fingerprint density at radius 2 is 2.29 bits per heavy atom. The van der Waals surface area contributed by atoms with Gasteiger partial charge in [0, 0.05) is 13.3 Å². The first-order valence-corrected chi connectivity index (χ1v) is 5.51. The van der Waals surface area contributed by atoms with Gasteiger partial charge in [-0.25, -0.2) is 0 Å². The molecule has 0 aliphatic heterocycles. The van der Waals surface area contributed by atoms with Gasteiger partial charge in [-0.2, -0.15) is 0 Å². The highest BCUT2D eigenvalue weighted by Gasteiger charge is 2.09. The van der Waals surface area contributed by atoms with E-state index in [2.05, 4.69) is 10.3 Å². The highest BCUT2D eigenvalue weighted by molar-refractivity contribution is 5.77. The average molecular weight is 238 g/mol. The third kappa shape index (κ3) is 5.42. The standard InChI is InChI=1S/C12H18N2O3/c1-10(11-5-3-4-6-13-11)14-12(15)9-17-8-7-16-2/h3-6,10H,7-9H2,1-2H3,(H,14,15). The van der Waals surface area contributed by atoms with E-state index in [1.54, 1.807) is 13.3 Å². The van der Waals surface area contributed by atoms with Gasteiger partial charge in [0.2, 0.25) is 5.91 Å². The van der Waals surface area contributed by atoms with Crippen LogP contribution in [0.15, 0.2) is 24.4 Å². The number of methoxy groups -OCH3 is 1. The second kappa shape index (κ2) is 7.76. The maximum atomic E-state index is 11.5. The third-order valence-electron chi connectivity index (χ3n) is 2.17. The topological polar surface area (TPSA) is 60.5 Å². The first-order chi connectivity index (χ1) is 8.24. The highest BCUT2D eigenvalue weighted by atomic mass is 16.5. The van der Waals surface area contributed by atoms with Crippen LogP contribution in [0, 0.1) is 0 Å². The predicted molar refractivity (Wildman–Crippen MR) is 63.5 cm³/mol. The summed E-state index contributed by atoms with van der Waals surface area (Å²) < 4.78 is 9.92. The minimum Gasteiger partial charge on any atom is -0.382 e. The molecule has 1 rings (SSSR count). The van der Waals surface area contributed by atoms with E-state index in [0.717, 1.165) is 5.69 Å². The van der Waals surface area contributed by atoms with E-state index in [-0.39, 0.29) is 18.6 Å². The molecule has 1 N–H and O–H groups in total. The first-order valence-electron chi connectivity index (χ1n) is 5.51. The Balaban J connectivity index is 2.26. The molecule has 94 valence electrons. The Bertz CT molecular complexity index is 330. The van der Waals surface area contributed by atoms with Gasteiger partial charge in [-0.05, 0) is 19.1 Å². The molecule has 0 saturated carbocycles. The largest absolute Gasteiger partial charge is 0.382 e. The molecule has 0 aromatic carbocycles. The lowest BCUT2D eigenvalue weighted by atomic mass is 10.2. The van der Waals surface area contributed by atoms with Crippen molar-refractivity contribution < 1.29 is 14.3 Å². The molecule has 1 unspecified atom stereocenters. The van der Waals surface area contributed by atoms with Gasteiger partial charge < -0.3 is 14.8 Å². The molecule has 0 spiro atoms. The van der Waals surface area contributed by atoms with Crippen molar-refractivity contribution in [2.24, 2.45) is 0 Å². The van der Waals surface area contributed by atoms with Gasteiger partial charge in [0.05, 0.1) is 24.9 Å². The van der Waals surface area contributed by atoms with Gasteiger partial charge in [-0.3, -0.25) is 9.78 Å². The fourth-order valence-electron chi connectivity index (χ4n) is 1.30. The van der Waals surface area contributed by atoms with Crippen molar-refractivity contribution in [2.75, 3.05) is 26.9 Å². The van der Waals surface area contributed by atoms with Crippen LogP contribution in [0.4, 0.5) is 0 Å². The number of carbonyl (C=O) groups is 1. The summed E-state index contributed by atoms with van der Waals surface area (Å²) >= 11 is 0. The minimum absolute atomic E-state index is 0.0422. The normalized spacial score (nSPS) is 12.1. The summed E-state index contributed by atoms with van der Waals surface area (Å²) in [5.41, 5.74) is 0.831. The summed E-state index contributed by atoms with van der Waals surface area (Å²) in [5.74, 6) is -0.153. The van der Waals surface area contributed by atoms with E-state index < -0.39 is 0 Å². The van der Waals surface area contributed by atoms with E-state index in [9.17, 15) is 4.79 Å². The highest BCUT2D eigenvalue weighted by Crippen LogP contribution is 2.07. The maximum Gasteiger partial charge on any atom is 0.246 e. The van der Waals surface area contributed by atoms with Crippen molar-refractivity contribution >= 4 is 5.91 Å². The molecule has 0 aliphatic carbocycles. The van der Waals surface area contributed by atoms with Crippen LogP contribution in [-0.4, -0.2) is 37.8 Å².